The van der Waals surface area contributed by atoms with E-state index in [1.807, 2.05) is 4.90 Å². The Labute approximate surface area is 134 Å². The first-order valence-electron chi connectivity index (χ1n) is 6.98. The maximum absolute atomic E-state index is 12.3. The fourth-order valence-corrected chi connectivity index (χ4v) is 3.48. The van der Waals surface area contributed by atoms with Crippen LogP contribution in [0.4, 0.5) is 18.3 Å². The maximum Gasteiger partial charge on any atom is 0.573 e. The van der Waals surface area contributed by atoms with Crippen molar-refractivity contribution < 1.29 is 22.7 Å². The minimum Gasteiger partial charge on any atom is -0.406 e. The zero-order chi connectivity index (χ0) is 16.6. The van der Waals surface area contributed by atoms with Gasteiger partial charge in [-0.1, -0.05) is 11.3 Å². The van der Waals surface area contributed by atoms with Gasteiger partial charge in [-0.25, -0.2) is 4.98 Å². The molecule has 0 N–H and O–H groups in total. The number of ether oxygens (including phenoxy) is 1. The van der Waals surface area contributed by atoms with E-state index < -0.39 is 6.36 Å². The van der Waals surface area contributed by atoms with Crippen molar-refractivity contribution in [3.8, 4) is 5.75 Å². The second kappa shape index (κ2) is 5.88. The summed E-state index contributed by atoms with van der Waals surface area (Å²) in [4.78, 5) is 19.6. The Kier molecular flexibility index (Phi) is 4.05. The highest BCUT2D eigenvalue weighted by Crippen LogP contribution is 2.33. The summed E-state index contributed by atoms with van der Waals surface area (Å²) in [7, 11) is 0. The van der Waals surface area contributed by atoms with Gasteiger partial charge in [0.2, 0.25) is 5.91 Å². The van der Waals surface area contributed by atoms with Crippen LogP contribution in [0.25, 0.3) is 10.2 Å². The molecule has 1 aliphatic heterocycles. The number of fused-ring (bicyclic) bond motifs is 1. The minimum absolute atomic E-state index is 0.0443. The summed E-state index contributed by atoms with van der Waals surface area (Å²) in [6, 6.07) is 4.12. The summed E-state index contributed by atoms with van der Waals surface area (Å²) in [6.45, 7) is 4.09. The Bertz CT molecular complexity index is 724. The highest BCUT2D eigenvalue weighted by Gasteiger charge is 2.31. The number of benzene rings is 1. The van der Waals surface area contributed by atoms with Crippen molar-refractivity contribution >= 4 is 32.6 Å². The lowest BCUT2D eigenvalue weighted by Gasteiger charge is -2.33. The van der Waals surface area contributed by atoms with Crippen molar-refractivity contribution in [1.29, 1.82) is 0 Å². The molecule has 0 bridgehead atoms. The van der Waals surface area contributed by atoms with Crippen molar-refractivity contribution in [2.75, 3.05) is 31.1 Å². The maximum atomic E-state index is 12.3. The number of thiazole rings is 1. The SMILES string of the molecule is CC(=O)N1CCN(c2nc3ccc(OC(F)(F)F)cc3s2)CC1. The van der Waals surface area contributed by atoms with Gasteiger partial charge in [-0.2, -0.15) is 0 Å². The standard InChI is InChI=1S/C14H14F3N3O2S/c1-9(21)19-4-6-20(7-5-19)13-18-11-3-2-10(8-12(11)23-13)22-14(15,16)17/h2-3,8H,4-7H2,1H3. The van der Waals surface area contributed by atoms with Gasteiger partial charge < -0.3 is 14.5 Å². The molecular weight excluding hydrogens is 331 g/mol. The van der Waals surface area contributed by atoms with Gasteiger partial charge in [-0.05, 0) is 12.1 Å². The van der Waals surface area contributed by atoms with Crippen molar-refractivity contribution in [3.63, 3.8) is 0 Å². The van der Waals surface area contributed by atoms with Gasteiger partial charge in [0.25, 0.3) is 0 Å². The highest BCUT2D eigenvalue weighted by atomic mass is 32.1. The number of nitrogens with zero attached hydrogens (tertiary/aromatic N) is 3. The Morgan fingerprint density at radius 2 is 1.96 bits per heavy atom. The molecular formula is C14H14F3N3O2S. The van der Waals surface area contributed by atoms with Crippen LogP contribution in [0.2, 0.25) is 0 Å². The van der Waals surface area contributed by atoms with Gasteiger partial charge in [0, 0.05) is 39.2 Å². The fraction of sp³-hybridized carbons (Fsp3) is 0.429. The predicted octanol–water partition coefficient (Wildman–Crippen LogP) is 2.86. The molecule has 1 fully saturated rings. The monoisotopic (exact) mass is 345 g/mol. The molecule has 5 nitrogen and oxygen atoms in total. The molecule has 1 aromatic carbocycles. The van der Waals surface area contributed by atoms with E-state index >= 15 is 0 Å². The van der Waals surface area contributed by atoms with E-state index in [-0.39, 0.29) is 11.7 Å². The van der Waals surface area contributed by atoms with E-state index in [4.69, 9.17) is 0 Å². The fourth-order valence-electron chi connectivity index (χ4n) is 2.44. The first-order chi connectivity index (χ1) is 10.8. The van der Waals surface area contributed by atoms with Gasteiger partial charge in [-0.3, -0.25) is 4.79 Å². The van der Waals surface area contributed by atoms with Crippen LogP contribution in [0.3, 0.4) is 0 Å². The molecule has 0 radical (unpaired) electrons. The third kappa shape index (κ3) is 3.66. The molecule has 2 heterocycles. The third-order valence-electron chi connectivity index (χ3n) is 3.58. The molecule has 1 aliphatic rings. The number of rotatable bonds is 2. The van der Waals surface area contributed by atoms with Crippen molar-refractivity contribution in [2.24, 2.45) is 0 Å². The number of anilines is 1. The summed E-state index contributed by atoms with van der Waals surface area (Å²) in [6.07, 6.45) is -4.70. The molecule has 0 atom stereocenters. The molecule has 1 amide bonds. The summed E-state index contributed by atoms with van der Waals surface area (Å²) in [5.41, 5.74) is 0.633. The number of aromatic nitrogens is 1. The Morgan fingerprint density at radius 1 is 1.26 bits per heavy atom. The number of alkyl halides is 3. The normalized spacial score (nSPS) is 16.0. The number of halogens is 3. The van der Waals surface area contributed by atoms with Crippen molar-refractivity contribution in [1.82, 2.24) is 9.88 Å². The lowest BCUT2D eigenvalue weighted by Crippen LogP contribution is -2.48. The molecule has 23 heavy (non-hydrogen) atoms. The number of hydrogen-bond donors (Lipinski definition) is 0. The topological polar surface area (TPSA) is 45.7 Å². The van der Waals surface area contributed by atoms with E-state index in [1.165, 1.54) is 36.5 Å². The quantitative estimate of drug-likeness (QED) is 0.840. The molecule has 2 aromatic rings. The lowest BCUT2D eigenvalue weighted by atomic mass is 10.3. The van der Waals surface area contributed by atoms with Crippen molar-refractivity contribution in [2.45, 2.75) is 13.3 Å². The van der Waals surface area contributed by atoms with Crippen LogP contribution in [-0.2, 0) is 4.79 Å². The summed E-state index contributed by atoms with van der Waals surface area (Å²) in [5, 5.41) is 0.743. The lowest BCUT2D eigenvalue weighted by molar-refractivity contribution is -0.274. The molecule has 1 aromatic heterocycles. The van der Waals surface area contributed by atoms with E-state index in [0.29, 0.717) is 36.4 Å². The average Bonchev–Trinajstić information content (AvgIpc) is 2.88. The zero-order valence-corrected chi connectivity index (χ0v) is 13.1. The van der Waals surface area contributed by atoms with Crippen LogP contribution < -0.4 is 9.64 Å². The third-order valence-corrected chi connectivity index (χ3v) is 4.66. The second-order valence-corrected chi connectivity index (χ2v) is 6.18. The molecule has 0 spiro atoms. The molecule has 0 aliphatic carbocycles. The summed E-state index contributed by atoms with van der Waals surface area (Å²) < 4.78 is 41.4. The van der Waals surface area contributed by atoms with Crippen LogP contribution in [0.5, 0.6) is 5.75 Å². The largest absolute Gasteiger partial charge is 0.573 e. The average molecular weight is 345 g/mol. The number of amides is 1. The Balaban J connectivity index is 1.77. The number of hydrogen-bond acceptors (Lipinski definition) is 5. The Hall–Kier alpha value is -2.03. The molecule has 0 unspecified atom stereocenters. The number of carbonyl (C=O) groups excluding carboxylic acids is 1. The van der Waals surface area contributed by atoms with Crippen LogP contribution in [0.15, 0.2) is 18.2 Å². The van der Waals surface area contributed by atoms with E-state index in [2.05, 4.69) is 9.72 Å². The molecule has 3 rings (SSSR count). The molecule has 124 valence electrons. The first-order valence-corrected chi connectivity index (χ1v) is 7.80. The van der Waals surface area contributed by atoms with Crippen LogP contribution in [-0.4, -0.2) is 48.3 Å². The molecule has 0 saturated carbocycles. The second-order valence-electron chi connectivity index (χ2n) is 5.17. The van der Waals surface area contributed by atoms with Gasteiger partial charge in [0.1, 0.15) is 5.75 Å². The van der Waals surface area contributed by atoms with Gasteiger partial charge in [0.15, 0.2) is 5.13 Å². The van der Waals surface area contributed by atoms with E-state index in [0.717, 1.165) is 5.13 Å². The van der Waals surface area contributed by atoms with Gasteiger partial charge >= 0.3 is 6.36 Å². The van der Waals surface area contributed by atoms with Crippen LogP contribution >= 0.6 is 11.3 Å². The van der Waals surface area contributed by atoms with Gasteiger partial charge in [0.05, 0.1) is 10.2 Å². The highest BCUT2D eigenvalue weighted by molar-refractivity contribution is 7.22. The first kappa shape index (κ1) is 15.9. The number of piperazine rings is 1. The van der Waals surface area contributed by atoms with E-state index in [9.17, 15) is 18.0 Å². The van der Waals surface area contributed by atoms with Crippen LogP contribution in [0, 0.1) is 0 Å². The van der Waals surface area contributed by atoms with Crippen LogP contribution in [0.1, 0.15) is 6.92 Å². The Morgan fingerprint density at radius 3 is 2.57 bits per heavy atom. The minimum atomic E-state index is -4.70. The molecule has 9 heteroatoms. The smallest absolute Gasteiger partial charge is 0.406 e. The van der Waals surface area contributed by atoms with Gasteiger partial charge in [-0.15, -0.1) is 13.2 Å². The van der Waals surface area contributed by atoms with Crippen molar-refractivity contribution in [3.05, 3.63) is 18.2 Å². The zero-order valence-electron chi connectivity index (χ0n) is 12.3. The molecule has 1 saturated heterocycles. The summed E-state index contributed by atoms with van der Waals surface area (Å²) >= 11 is 1.32. The van der Waals surface area contributed by atoms with E-state index in [1.54, 1.807) is 4.90 Å². The predicted molar refractivity (Wildman–Crippen MR) is 80.8 cm³/mol. The summed E-state index contributed by atoms with van der Waals surface area (Å²) in [5.74, 6) is -0.204. The number of carbonyl (C=O) groups is 1.